The van der Waals surface area contributed by atoms with Crippen LogP contribution < -0.4 is 0 Å². The van der Waals surface area contributed by atoms with Crippen molar-refractivity contribution in [1.82, 2.24) is 0 Å². The monoisotopic (exact) mass is 236 g/mol. The van der Waals surface area contributed by atoms with E-state index in [1.807, 2.05) is 0 Å². The molecule has 0 aromatic carbocycles. The van der Waals surface area contributed by atoms with Crippen molar-refractivity contribution < 1.29 is 9.36 Å². The first-order valence-electron chi connectivity index (χ1n) is 5.24. The van der Waals surface area contributed by atoms with Crippen LogP contribution in [0.5, 0.6) is 0 Å². The minimum atomic E-state index is -1.95. The normalized spacial score (nSPS) is 11.6. The maximum Gasteiger partial charge on any atom is 0.185 e. The van der Waals surface area contributed by atoms with Crippen LogP contribution in [0.1, 0.15) is 33.6 Å². The minimum absolute atomic E-state index is 0.129. The van der Waals surface area contributed by atoms with E-state index >= 15 is 0 Å². The average Bonchev–Trinajstić information content (AvgIpc) is 2.03. The van der Waals surface area contributed by atoms with Crippen LogP contribution in [0.2, 0.25) is 0 Å². The van der Waals surface area contributed by atoms with Gasteiger partial charge < -0.3 is 4.57 Å². The van der Waals surface area contributed by atoms with Gasteiger partial charge in [0.25, 0.3) is 0 Å². The van der Waals surface area contributed by atoms with Gasteiger partial charge in [0.05, 0.1) is 7.14 Å². The Labute approximate surface area is 91.6 Å². The fourth-order valence-corrected chi connectivity index (χ4v) is 5.79. The summed E-state index contributed by atoms with van der Waals surface area (Å²) in [4.78, 5) is 10.7. The van der Waals surface area contributed by atoms with E-state index in [9.17, 15) is 9.36 Å². The molecule has 0 heterocycles. The summed E-state index contributed by atoms with van der Waals surface area (Å²) in [6, 6.07) is 0. The van der Waals surface area contributed by atoms with E-state index in [4.69, 9.17) is 0 Å². The molecule has 0 aliphatic carbocycles. The van der Waals surface area contributed by atoms with Gasteiger partial charge in [0.2, 0.25) is 0 Å². The molecule has 0 rings (SSSR count). The van der Waals surface area contributed by atoms with Gasteiger partial charge >= 0.3 is 0 Å². The van der Waals surface area contributed by atoms with Crippen molar-refractivity contribution in [2.75, 3.05) is 24.2 Å². The third-order valence-electron chi connectivity index (χ3n) is 2.07. The Morgan fingerprint density at radius 1 is 1.14 bits per heavy atom. The van der Waals surface area contributed by atoms with Crippen LogP contribution in [-0.2, 0) is 9.36 Å². The first-order chi connectivity index (χ1) is 6.54. The number of hydrogen-bond acceptors (Lipinski definition) is 3. The molecule has 0 N–H and O–H groups in total. The van der Waals surface area contributed by atoms with Crippen LogP contribution in [0, 0.1) is 0 Å². The summed E-state index contributed by atoms with van der Waals surface area (Å²) < 4.78 is 12.3. The van der Waals surface area contributed by atoms with Crippen molar-refractivity contribution in [3.05, 3.63) is 0 Å². The van der Waals surface area contributed by atoms with Crippen molar-refractivity contribution in [3.63, 3.8) is 0 Å². The Morgan fingerprint density at radius 2 is 1.64 bits per heavy atom. The molecule has 84 valence electrons. The maximum absolute atomic E-state index is 12.3. The number of thioether (sulfide) groups is 1. The molecule has 0 unspecified atom stereocenters. The van der Waals surface area contributed by atoms with Crippen LogP contribution in [0.3, 0.4) is 0 Å². The third kappa shape index (κ3) is 6.67. The first-order valence-corrected chi connectivity index (χ1v) is 8.49. The Bertz CT molecular complexity index is 206. The standard InChI is InChI=1S/C10H21O2PS/c1-4-6-13(12,7-5-2)8-9-14-10(3)11/h4-9H2,1-3H3. The van der Waals surface area contributed by atoms with Crippen LogP contribution in [0.25, 0.3) is 0 Å². The Morgan fingerprint density at radius 3 is 2.00 bits per heavy atom. The lowest BCUT2D eigenvalue weighted by Gasteiger charge is -2.15. The molecule has 4 heteroatoms. The van der Waals surface area contributed by atoms with E-state index < -0.39 is 7.14 Å². The molecular formula is C10H21O2PS. The molecule has 0 aromatic heterocycles. The fraction of sp³-hybridized carbons (Fsp3) is 0.900. The summed E-state index contributed by atoms with van der Waals surface area (Å²) in [5.74, 6) is 0.729. The highest BCUT2D eigenvalue weighted by atomic mass is 32.2. The molecule has 0 aliphatic heterocycles. The van der Waals surface area contributed by atoms with Crippen molar-refractivity contribution in [2.24, 2.45) is 0 Å². The van der Waals surface area contributed by atoms with E-state index in [2.05, 4.69) is 13.8 Å². The largest absolute Gasteiger partial charge is 0.324 e. The van der Waals surface area contributed by atoms with Gasteiger partial charge in [-0.1, -0.05) is 25.6 Å². The molecule has 0 aliphatic rings. The van der Waals surface area contributed by atoms with Gasteiger partial charge in [0.1, 0.15) is 0 Å². The highest BCUT2D eigenvalue weighted by Crippen LogP contribution is 2.46. The summed E-state index contributed by atoms with van der Waals surface area (Å²) in [5, 5.41) is 0.129. The van der Waals surface area contributed by atoms with E-state index in [0.29, 0.717) is 0 Å². The zero-order valence-electron chi connectivity index (χ0n) is 9.41. The molecular weight excluding hydrogens is 215 g/mol. The summed E-state index contributed by atoms with van der Waals surface area (Å²) >= 11 is 1.30. The van der Waals surface area contributed by atoms with E-state index in [1.54, 1.807) is 6.92 Å². The number of rotatable bonds is 7. The SMILES string of the molecule is CCCP(=O)(CCC)CCSC(C)=O. The lowest BCUT2D eigenvalue weighted by Crippen LogP contribution is -2.02. The average molecular weight is 236 g/mol. The van der Waals surface area contributed by atoms with Gasteiger partial charge in [0.15, 0.2) is 5.12 Å². The topological polar surface area (TPSA) is 34.1 Å². The highest BCUT2D eigenvalue weighted by molar-refractivity contribution is 8.13. The number of hydrogen-bond donors (Lipinski definition) is 0. The van der Waals surface area contributed by atoms with Crippen molar-refractivity contribution in [1.29, 1.82) is 0 Å². The molecule has 0 atom stereocenters. The van der Waals surface area contributed by atoms with Crippen molar-refractivity contribution in [2.45, 2.75) is 33.6 Å². The number of carbonyl (C=O) groups is 1. The molecule has 2 nitrogen and oxygen atoms in total. The van der Waals surface area contributed by atoms with Crippen LogP contribution in [0.4, 0.5) is 0 Å². The highest BCUT2D eigenvalue weighted by Gasteiger charge is 2.19. The molecule has 0 spiro atoms. The van der Waals surface area contributed by atoms with E-state index in [1.165, 1.54) is 11.8 Å². The van der Waals surface area contributed by atoms with Gasteiger partial charge in [-0.2, -0.15) is 0 Å². The lowest BCUT2D eigenvalue weighted by molar-refractivity contribution is -0.109. The van der Waals surface area contributed by atoms with Crippen LogP contribution in [-0.4, -0.2) is 29.4 Å². The van der Waals surface area contributed by atoms with Gasteiger partial charge in [0, 0.05) is 31.2 Å². The predicted molar refractivity (Wildman–Crippen MR) is 65.9 cm³/mol. The summed E-state index contributed by atoms with van der Waals surface area (Å²) in [6.07, 6.45) is 4.40. The Hall–Kier alpha value is 0.250. The molecule has 0 radical (unpaired) electrons. The predicted octanol–water partition coefficient (Wildman–Crippen LogP) is 3.45. The second-order valence-electron chi connectivity index (χ2n) is 3.57. The van der Waals surface area contributed by atoms with Crippen LogP contribution >= 0.6 is 18.9 Å². The van der Waals surface area contributed by atoms with Gasteiger partial charge in [-0.05, 0) is 12.8 Å². The van der Waals surface area contributed by atoms with E-state index in [-0.39, 0.29) is 5.12 Å². The number of carbonyl (C=O) groups excluding carboxylic acids is 1. The zero-order chi connectivity index (χ0) is 11.0. The van der Waals surface area contributed by atoms with Gasteiger partial charge in [-0.15, -0.1) is 0 Å². The third-order valence-corrected chi connectivity index (χ3v) is 6.75. The van der Waals surface area contributed by atoms with Crippen LogP contribution in [0.15, 0.2) is 0 Å². The summed E-state index contributed by atoms with van der Waals surface area (Å²) in [7, 11) is -1.95. The first kappa shape index (κ1) is 14.2. The molecule has 0 bridgehead atoms. The lowest BCUT2D eigenvalue weighted by atomic mass is 10.6. The zero-order valence-corrected chi connectivity index (χ0v) is 11.1. The quantitative estimate of drug-likeness (QED) is 0.635. The van der Waals surface area contributed by atoms with Gasteiger partial charge in [-0.25, -0.2) is 0 Å². The molecule has 14 heavy (non-hydrogen) atoms. The Balaban J connectivity index is 3.96. The van der Waals surface area contributed by atoms with E-state index in [0.717, 1.165) is 37.1 Å². The maximum atomic E-state index is 12.3. The molecule has 0 saturated heterocycles. The van der Waals surface area contributed by atoms with Crippen molar-refractivity contribution in [3.8, 4) is 0 Å². The molecule has 0 saturated carbocycles. The Kier molecular flexibility index (Phi) is 7.66. The van der Waals surface area contributed by atoms with Crippen molar-refractivity contribution >= 4 is 24.0 Å². The summed E-state index contributed by atoms with van der Waals surface area (Å²) in [5.41, 5.74) is 0. The molecule has 0 fully saturated rings. The second kappa shape index (κ2) is 7.53. The second-order valence-corrected chi connectivity index (χ2v) is 8.30. The smallest absolute Gasteiger partial charge is 0.185 e. The summed E-state index contributed by atoms with van der Waals surface area (Å²) in [6.45, 7) is 5.70. The molecule has 0 aromatic rings. The van der Waals surface area contributed by atoms with Gasteiger partial charge in [-0.3, -0.25) is 4.79 Å². The fourth-order valence-electron chi connectivity index (χ4n) is 1.51. The molecule has 0 amide bonds. The minimum Gasteiger partial charge on any atom is -0.324 e.